The summed E-state index contributed by atoms with van der Waals surface area (Å²) < 4.78 is 0. The zero-order chi connectivity index (χ0) is 12.3. The van der Waals surface area contributed by atoms with E-state index in [2.05, 4.69) is 11.8 Å². The minimum Gasteiger partial charge on any atom is -0.298 e. The molecule has 0 aliphatic carbocycles. The summed E-state index contributed by atoms with van der Waals surface area (Å²) in [5.41, 5.74) is 0. The highest BCUT2D eigenvalue weighted by molar-refractivity contribution is 5.83. The van der Waals surface area contributed by atoms with Crippen LogP contribution in [0.4, 0.5) is 0 Å². The Bertz CT molecular complexity index is 264. The van der Waals surface area contributed by atoms with Crippen LogP contribution in [-0.2, 0) is 4.79 Å². The van der Waals surface area contributed by atoms with Crippen molar-refractivity contribution in [3.8, 4) is 0 Å². The Morgan fingerprint density at radius 2 is 2.00 bits per heavy atom. The van der Waals surface area contributed by atoms with Crippen LogP contribution in [0.3, 0.4) is 0 Å². The average molecular weight is 237 g/mol. The maximum Gasteiger partial charge on any atom is 0.149 e. The first-order valence-corrected chi connectivity index (χ1v) is 7.58. The molecular formula is C15H27NO. The number of piperidine rings is 1. The van der Waals surface area contributed by atoms with Crippen LogP contribution in [0, 0.1) is 0 Å². The molecule has 0 saturated carbocycles. The fourth-order valence-corrected chi connectivity index (χ4v) is 3.78. The van der Waals surface area contributed by atoms with Crippen molar-refractivity contribution < 1.29 is 4.79 Å². The summed E-state index contributed by atoms with van der Waals surface area (Å²) in [5, 5.41) is 0. The summed E-state index contributed by atoms with van der Waals surface area (Å²) in [6.45, 7) is 4.28. The number of Topliss-reactive ketones (excluding diaryl/α,β-unsaturated/α-hetero) is 1. The minimum atomic E-state index is 0.267. The molecule has 0 spiro atoms. The lowest BCUT2D eigenvalue weighted by Gasteiger charge is -2.40. The molecule has 3 unspecified atom stereocenters. The van der Waals surface area contributed by atoms with E-state index in [4.69, 9.17) is 0 Å². The van der Waals surface area contributed by atoms with Crippen molar-refractivity contribution in [3.05, 3.63) is 0 Å². The molecule has 0 amide bonds. The molecule has 2 saturated heterocycles. The van der Waals surface area contributed by atoms with Crippen LogP contribution in [0.2, 0.25) is 0 Å². The second kappa shape index (κ2) is 5.99. The predicted octanol–water partition coefficient (Wildman–Crippen LogP) is 3.54. The van der Waals surface area contributed by atoms with Crippen LogP contribution in [0.25, 0.3) is 0 Å². The molecule has 0 radical (unpaired) electrons. The van der Waals surface area contributed by atoms with Crippen molar-refractivity contribution in [1.82, 2.24) is 4.90 Å². The molecule has 0 N–H and O–H groups in total. The van der Waals surface area contributed by atoms with Crippen LogP contribution in [0.15, 0.2) is 0 Å². The Labute approximate surface area is 106 Å². The van der Waals surface area contributed by atoms with Gasteiger partial charge in [0.2, 0.25) is 0 Å². The first-order valence-electron chi connectivity index (χ1n) is 7.58. The zero-order valence-electron chi connectivity index (χ0n) is 11.5. The normalized spacial score (nSPS) is 33.6. The molecule has 2 aliphatic heterocycles. The number of nitrogens with zero attached hydrogens (tertiary/aromatic N) is 1. The Hall–Kier alpha value is -0.370. The van der Waals surface area contributed by atoms with E-state index in [1.165, 1.54) is 44.9 Å². The summed E-state index contributed by atoms with van der Waals surface area (Å²) in [6, 6.07) is 1.70. The first kappa shape index (κ1) is 13.1. The van der Waals surface area contributed by atoms with Gasteiger partial charge in [-0.2, -0.15) is 0 Å². The lowest BCUT2D eigenvalue weighted by Crippen LogP contribution is -2.50. The van der Waals surface area contributed by atoms with Gasteiger partial charge in [-0.1, -0.05) is 26.7 Å². The van der Waals surface area contributed by atoms with Crippen molar-refractivity contribution in [2.75, 3.05) is 0 Å². The van der Waals surface area contributed by atoms with Gasteiger partial charge in [0, 0.05) is 18.5 Å². The fraction of sp³-hybridized carbons (Fsp3) is 0.933. The van der Waals surface area contributed by atoms with Crippen LogP contribution in [0.5, 0.6) is 0 Å². The van der Waals surface area contributed by atoms with E-state index in [1.807, 2.05) is 6.92 Å². The van der Waals surface area contributed by atoms with Crippen molar-refractivity contribution in [1.29, 1.82) is 0 Å². The molecule has 0 bridgehead atoms. The highest BCUT2D eigenvalue weighted by Gasteiger charge is 2.41. The predicted molar refractivity (Wildman–Crippen MR) is 71.1 cm³/mol. The van der Waals surface area contributed by atoms with Gasteiger partial charge in [-0.05, 0) is 38.5 Å². The van der Waals surface area contributed by atoms with Gasteiger partial charge in [-0.15, -0.1) is 0 Å². The van der Waals surface area contributed by atoms with E-state index < -0.39 is 0 Å². The summed E-state index contributed by atoms with van der Waals surface area (Å²) in [5.74, 6) is 0.484. The third-order valence-corrected chi connectivity index (χ3v) is 4.66. The summed E-state index contributed by atoms with van der Waals surface area (Å²) in [4.78, 5) is 14.7. The molecular weight excluding hydrogens is 210 g/mol. The van der Waals surface area contributed by atoms with Crippen molar-refractivity contribution >= 4 is 5.78 Å². The summed E-state index contributed by atoms with van der Waals surface area (Å²) in [7, 11) is 0. The van der Waals surface area contributed by atoms with E-state index in [0.717, 1.165) is 12.5 Å². The van der Waals surface area contributed by atoms with Crippen molar-refractivity contribution in [2.24, 2.45) is 0 Å². The van der Waals surface area contributed by atoms with Gasteiger partial charge >= 0.3 is 0 Å². The second-order valence-corrected chi connectivity index (χ2v) is 5.74. The summed E-state index contributed by atoms with van der Waals surface area (Å²) in [6.07, 6.45) is 11.0. The molecule has 17 heavy (non-hydrogen) atoms. The molecule has 0 aromatic rings. The quantitative estimate of drug-likeness (QED) is 0.729. The number of fused-ring (bicyclic) bond motifs is 1. The molecule has 0 aromatic heterocycles. The van der Waals surface area contributed by atoms with Crippen LogP contribution < -0.4 is 0 Å². The molecule has 0 aromatic carbocycles. The fourth-order valence-electron chi connectivity index (χ4n) is 3.78. The second-order valence-electron chi connectivity index (χ2n) is 5.74. The van der Waals surface area contributed by atoms with Gasteiger partial charge in [-0.3, -0.25) is 9.69 Å². The maximum atomic E-state index is 12.1. The number of unbranched alkanes of at least 4 members (excludes halogenated alkanes) is 1. The third kappa shape index (κ3) is 2.73. The molecule has 2 aliphatic rings. The Balaban J connectivity index is 2.04. The summed E-state index contributed by atoms with van der Waals surface area (Å²) >= 11 is 0. The molecule has 2 rings (SSSR count). The number of hydrogen-bond acceptors (Lipinski definition) is 2. The lowest BCUT2D eigenvalue weighted by atomic mass is 9.92. The number of hydrogen-bond donors (Lipinski definition) is 0. The van der Waals surface area contributed by atoms with Crippen LogP contribution in [-0.4, -0.2) is 28.8 Å². The minimum absolute atomic E-state index is 0.267. The van der Waals surface area contributed by atoms with Crippen molar-refractivity contribution in [3.63, 3.8) is 0 Å². The van der Waals surface area contributed by atoms with Crippen LogP contribution in [0.1, 0.15) is 71.6 Å². The maximum absolute atomic E-state index is 12.1. The zero-order valence-corrected chi connectivity index (χ0v) is 11.5. The van der Waals surface area contributed by atoms with Crippen molar-refractivity contribution in [2.45, 2.75) is 89.8 Å². The van der Waals surface area contributed by atoms with Gasteiger partial charge in [0.1, 0.15) is 5.78 Å². The number of carbonyl (C=O) groups excluding carboxylic acids is 1. The van der Waals surface area contributed by atoms with Crippen LogP contribution >= 0.6 is 0 Å². The highest BCUT2D eigenvalue weighted by Crippen LogP contribution is 2.37. The number of ketones is 1. The molecule has 2 nitrogen and oxygen atoms in total. The van der Waals surface area contributed by atoms with E-state index in [-0.39, 0.29) is 6.04 Å². The third-order valence-electron chi connectivity index (χ3n) is 4.66. The Morgan fingerprint density at radius 3 is 2.71 bits per heavy atom. The first-order chi connectivity index (χ1) is 8.27. The Kier molecular flexibility index (Phi) is 4.61. The Morgan fingerprint density at radius 1 is 1.18 bits per heavy atom. The smallest absolute Gasteiger partial charge is 0.149 e. The largest absolute Gasteiger partial charge is 0.298 e. The van der Waals surface area contributed by atoms with E-state index in [9.17, 15) is 4.79 Å². The topological polar surface area (TPSA) is 20.3 Å². The number of carbonyl (C=O) groups is 1. The van der Waals surface area contributed by atoms with E-state index in [0.29, 0.717) is 18.2 Å². The monoisotopic (exact) mass is 237 g/mol. The van der Waals surface area contributed by atoms with E-state index >= 15 is 0 Å². The van der Waals surface area contributed by atoms with Gasteiger partial charge in [-0.25, -0.2) is 0 Å². The lowest BCUT2D eigenvalue weighted by molar-refractivity contribution is -0.126. The standard InChI is InChI=1S/C15H27NO/c1-3-5-7-12-10-11-13-8-6-9-14(16(12)13)15(17)4-2/h12-14H,3-11H2,1-2H3. The van der Waals surface area contributed by atoms with Gasteiger partial charge in [0.15, 0.2) is 0 Å². The highest BCUT2D eigenvalue weighted by atomic mass is 16.1. The number of rotatable bonds is 5. The van der Waals surface area contributed by atoms with Gasteiger partial charge in [0.05, 0.1) is 6.04 Å². The molecule has 2 heteroatoms. The van der Waals surface area contributed by atoms with E-state index in [1.54, 1.807) is 0 Å². The molecule has 2 fully saturated rings. The van der Waals surface area contributed by atoms with Gasteiger partial charge in [0.25, 0.3) is 0 Å². The average Bonchev–Trinajstić information content (AvgIpc) is 2.78. The molecule has 2 heterocycles. The molecule has 98 valence electrons. The van der Waals surface area contributed by atoms with Gasteiger partial charge < -0.3 is 0 Å². The molecule has 3 atom stereocenters. The SMILES string of the molecule is CCCCC1CCC2CCCC(C(=O)CC)N12.